The molecule has 2 heterocycles. The van der Waals surface area contributed by atoms with Crippen molar-refractivity contribution in [1.29, 1.82) is 0 Å². The Hall–Kier alpha value is -3.85. The number of aromatic nitrogens is 3. The van der Waals surface area contributed by atoms with Gasteiger partial charge in [-0.15, -0.1) is 10.2 Å². The Morgan fingerprint density at radius 1 is 1.10 bits per heavy atom. The van der Waals surface area contributed by atoms with Crippen molar-refractivity contribution in [3.63, 3.8) is 0 Å². The van der Waals surface area contributed by atoms with E-state index in [-0.39, 0.29) is 5.88 Å². The Bertz CT molecular complexity index is 1200. The average molecular weight is 420 g/mol. The van der Waals surface area contributed by atoms with Crippen molar-refractivity contribution in [2.45, 2.75) is 5.16 Å². The molecular formula is C21H16N4O4S. The summed E-state index contributed by atoms with van der Waals surface area (Å²) in [5.74, 6) is 1.48. The molecule has 0 amide bonds. The molecule has 8 nitrogen and oxygen atoms in total. The monoisotopic (exact) mass is 420 g/mol. The summed E-state index contributed by atoms with van der Waals surface area (Å²) in [7, 11) is 1.62. The lowest BCUT2D eigenvalue weighted by molar-refractivity contribution is -0.402. The van der Waals surface area contributed by atoms with Crippen molar-refractivity contribution >= 4 is 23.7 Å². The van der Waals surface area contributed by atoms with Crippen LogP contribution in [0.2, 0.25) is 0 Å². The fourth-order valence-corrected chi connectivity index (χ4v) is 3.51. The summed E-state index contributed by atoms with van der Waals surface area (Å²) in [6, 6.07) is 20.2. The van der Waals surface area contributed by atoms with Crippen molar-refractivity contribution < 1.29 is 14.1 Å². The highest BCUT2D eigenvalue weighted by molar-refractivity contribution is 8.02. The highest BCUT2D eigenvalue weighted by Crippen LogP contribution is 2.30. The summed E-state index contributed by atoms with van der Waals surface area (Å²) < 4.78 is 12.4. The van der Waals surface area contributed by atoms with Gasteiger partial charge in [-0.1, -0.05) is 42.1 Å². The predicted molar refractivity (Wildman–Crippen MR) is 114 cm³/mol. The summed E-state index contributed by atoms with van der Waals surface area (Å²) >= 11 is 1.33. The van der Waals surface area contributed by atoms with E-state index in [1.54, 1.807) is 24.7 Å². The minimum absolute atomic E-state index is 0.299. The predicted octanol–water partition coefficient (Wildman–Crippen LogP) is 5.21. The molecule has 0 fully saturated rings. The van der Waals surface area contributed by atoms with Crippen LogP contribution < -0.4 is 4.74 Å². The molecule has 150 valence electrons. The first-order chi connectivity index (χ1) is 14.7. The number of para-hydroxylation sites is 1. The van der Waals surface area contributed by atoms with Crippen LogP contribution in [0.4, 0.5) is 5.88 Å². The molecule has 4 rings (SSSR count). The molecule has 0 spiro atoms. The lowest BCUT2D eigenvalue weighted by atomic mass is 10.2. The van der Waals surface area contributed by atoms with Gasteiger partial charge in [-0.25, -0.2) is 0 Å². The van der Waals surface area contributed by atoms with Gasteiger partial charge < -0.3 is 9.15 Å². The van der Waals surface area contributed by atoms with Crippen molar-refractivity contribution in [2.24, 2.45) is 0 Å². The van der Waals surface area contributed by atoms with Gasteiger partial charge in [-0.2, -0.15) is 0 Å². The van der Waals surface area contributed by atoms with Gasteiger partial charge in [0.15, 0.2) is 11.0 Å². The molecule has 0 bridgehead atoms. The van der Waals surface area contributed by atoms with Crippen molar-refractivity contribution in [3.8, 4) is 22.8 Å². The van der Waals surface area contributed by atoms with E-state index in [4.69, 9.17) is 9.15 Å². The molecule has 4 aromatic rings. The van der Waals surface area contributed by atoms with Gasteiger partial charge >= 0.3 is 5.88 Å². The molecule has 0 N–H and O–H groups in total. The molecule has 2 aromatic heterocycles. The summed E-state index contributed by atoms with van der Waals surface area (Å²) in [4.78, 5) is 10.2. The van der Waals surface area contributed by atoms with Crippen LogP contribution in [0, 0.1) is 10.1 Å². The third kappa shape index (κ3) is 4.11. The third-order valence-corrected chi connectivity index (χ3v) is 4.92. The number of hydrogen-bond acceptors (Lipinski definition) is 7. The standard InChI is InChI=1S/C21H16N4O4S/c1-28-18-9-5-6-15(14-18)20-22-23-21(24(20)16-7-3-2-4-8-16)30-13-12-17-10-11-19(29-17)25(26)27/h2-14H,1H3/b13-12+. The SMILES string of the molecule is COc1cccc(-c2nnc(S/C=C/c3ccc([N+](=O)[O-])o3)n2-c2ccccc2)c1. The Morgan fingerprint density at radius 2 is 1.93 bits per heavy atom. The molecule has 0 saturated heterocycles. The number of thioether (sulfide) groups is 1. The van der Waals surface area contributed by atoms with E-state index in [1.807, 2.05) is 59.2 Å². The Labute approximate surface area is 176 Å². The molecule has 0 saturated carbocycles. The topological polar surface area (TPSA) is 96.2 Å². The largest absolute Gasteiger partial charge is 0.497 e. The molecule has 0 radical (unpaired) electrons. The van der Waals surface area contributed by atoms with Crippen LogP contribution >= 0.6 is 11.8 Å². The van der Waals surface area contributed by atoms with E-state index in [2.05, 4.69) is 10.2 Å². The molecule has 0 atom stereocenters. The second kappa shape index (κ2) is 8.66. The normalized spacial score (nSPS) is 11.1. The van der Waals surface area contributed by atoms with Gasteiger partial charge in [0.25, 0.3) is 0 Å². The quantitative estimate of drug-likeness (QED) is 0.230. The lowest BCUT2D eigenvalue weighted by Crippen LogP contribution is -1.99. The summed E-state index contributed by atoms with van der Waals surface area (Å²) in [5.41, 5.74) is 1.77. The number of nitro groups is 1. The zero-order chi connectivity index (χ0) is 20.9. The Kier molecular flexibility index (Phi) is 5.62. The molecule has 9 heteroatoms. The summed E-state index contributed by atoms with van der Waals surface area (Å²) in [6.07, 6.45) is 1.65. The van der Waals surface area contributed by atoms with Crippen LogP contribution in [0.25, 0.3) is 23.2 Å². The Morgan fingerprint density at radius 3 is 2.67 bits per heavy atom. The van der Waals surface area contributed by atoms with E-state index in [0.717, 1.165) is 17.0 Å². The Balaban J connectivity index is 1.68. The number of methoxy groups -OCH3 is 1. The van der Waals surface area contributed by atoms with Crippen LogP contribution in [0.1, 0.15) is 5.76 Å². The van der Waals surface area contributed by atoms with Crippen LogP contribution in [0.3, 0.4) is 0 Å². The molecule has 0 unspecified atom stereocenters. The number of hydrogen-bond donors (Lipinski definition) is 0. The second-order valence-electron chi connectivity index (χ2n) is 6.06. The first-order valence-electron chi connectivity index (χ1n) is 8.88. The highest BCUT2D eigenvalue weighted by Gasteiger charge is 2.16. The molecule has 30 heavy (non-hydrogen) atoms. The van der Waals surface area contributed by atoms with Gasteiger partial charge in [0.05, 0.1) is 13.2 Å². The highest BCUT2D eigenvalue weighted by atomic mass is 32.2. The molecule has 2 aromatic carbocycles. The van der Waals surface area contributed by atoms with Gasteiger partial charge in [0, 0.05) is 11.3 Å². The minimum Gasteiger partial charge on any atom is -0.497 e. The number of nitrogens with zero attached hydrogens (tertiary/aromatic N) is 4. The maximum Gasteiger partial charge on any atom is 0.433 e. The van der Waals surface area contributed by atoms with Gasteiger partial charge in [0.2, 0.25) is 0 Å². The van der Waals surface area contributed by atoms with E-state index in [0.29, 0.717) is 16.7 Å². The number of furan rings is 1. The lowest BCUT2D eigenvalue weighted by Gasteiger charge is -2.10. The number of rotatable bonds is 7. The number of benzene rings is 2. The smallest absolute Gasteiger partial charge is 0.433 e. The molecule has 0 aliphatic heterocycles. The number of ether oxygens (including phenoxy) is 1. The van der Waals surface area contributed by atoms with Crippen molar-refractivity contribution in [3.05, 3.63) is 88.0 Å². The minimum atomic E-state index is -0.572. The first-order valence-corrected chi connectivity index (χ1v) is 9.76. The fraction of sp³-hybridized carbons (Fsp3) is 0.0476. The average Bonchev–Trinajstić information content (AvgIpc) is 3.42. The maximum absolute atomic E-state index is 10.7. The molecule has 0 aliphatic rings. The third-order valence-electron chi connectivity index (χ3n) is 4.17. The van der Waals surface area contributed by atoms with Gasteiger partial charge in [-0.05, 0) is 41.8 Å². The van der Waals surface area contributed by atoms with E-state index < -0.39 is 4.92 Å². The van der Waals surface area contributed by atoms with Gasteiger partial charge in [-0.3, -0.25) is 14.7 Å². The van der Waals surface area contributed by atoms with E-state index >= 15 is 0 Å². The van der Waals surface area contributed by atoms with Crippen molar-refractivity contribution in [2.75, 3.05) is 7.11 Å². The van der Waals surface area contributed by atoms with E-state index in [1.165, 1.54) is 17.8 Å². The molecule has 0 aliphatic carbocycles. The van der Waals surface area contributed by atoms with Crippen molar-refractivity contribution in [1.82, 2.24) is 14.8 Å². The zero-order valence-corrected chi connectivity index (χ0v) is 16.7. The maximum atomic E-state index is 10.7. The van der Waals surface area contributed by atoms with Gasteiger partial charge in [0.1, 0.15) is 16.4 Å². The second-order valence-corrected chi connectivity index (χ2v) is 6.94. The van der Waals surface area contributed by atoms with Crippen LogP contribution in [-0.4, -0.2) is 26.8 Å². The molecular weight excluding hydrogens is 404 g/mol. The van der Waals surface area contributed by atoms with Crippen LogP contribution in [-0.2, 0) is 0 Å². The van der Waals surface area contributed by atoms with Crippen LogP contribution in [0.5, 0.6) is 5.75 Å². The van der Waals surface area contributed by atoms with Crippen LogP contribution in [0.15, 0.2) is 81.7 Å². The summed E-state index contributed by atoms with van der Waals surface area (Å²) in [6.45, 7) is 0. The fourth-order valence-electron chi connectivity index (χ4n) is 2.80. The first kappa shape index (κ1) is 19.5. The van der Waals surface area contributed by atoms with E-state index in [9.17, 15) is 10.1 Å². The summed E-state index contributed by atoms with van der Waals surface area (Å²) in [5, 5.41) is 21.8. The zero-order valence-electron chi connectivity index (χ0n) is 15.8.